The van der Waals surface area contributed by atoms with E-state index in [0.29, 0.717) is 12.2 Å². The molecule has 1 amide bonds. The summed E-state index contributed by atoms with van der Waals surface area (Å²) in [6.45, 7) is 1.06. The van der Waals surface area contributed by atoms with E-state index in [1.165, 1.54) is 4.88 Å². The number of likely N-dealkylation sites (N-methyl/N-ethyl adjacent to an activating group) is 1. The lowest BCUT2D eigenvalue weighted by Gasteiger charge is -2.16. The zero-order chi connectivity index (χ0) is 16.2. The van der Waals surface area contributed by atoms with Gasteiger partial charge in [0.1, 0.15) is 5.75 Å². The number of fused-ring (bicyclic) bond motifs is 1. The Bertz CT molecular complexity index is 815. The molecule has 0 aliphatic heterocycles. The normalized spacial score (nSPS) is 11.0. The number of nitrogens with one attached hydrogen (secondary N) is 1. The van der Waals surface area contributed by atoms with Crippen LogP contribution >= 0.6 is 11.3 Å². The highest BCUT2D eigenvalue weighted by Gasteiger charge is 2.10. The topological polar surface area (TPSA) is 52.6 Å². The van der Waals surface area contributed by atoms with Gasteiger partial charge >= 0.3 is 0 Å². The summed E-state index contributed by atoms with van der Waals surface area (Å²) in [4.78, 5) is 15.5. The summed E-state index contributed by atoms with van der Waals surface area (Å²) in [5, 5.41) is 16.4. The fraction of sp³-hybridized carbons (Fsp3) is 0.167. The Kier molecular flexibility index (Phi) is 4.60. The van der Waals surface area contributed by atoms with Gasteiger partial charge in [0, 0.05) is 27.9 Å². The molecular formula is C18H18N2O2S. The van der Waals surface area contributed by atoms with E-state index in [9.17, 15) is 9.90 Å². The number of carbonyl (C=O) groups excluding carboxylic acids is 1. The van der Waals surface area contributed by atoms with E-state index in [-0.39, 0.29) is 11.7 Å². The smallest absolute Gasteiger partial charge is 0.238 e. The van der Waals surface area contributed by atoms with Gasteiger partial charge in [-0.15, -0.1) is 11.3 Å². The molecule has 3 aromatic rings. The van der Waals surface area contributed by atoms with Crippen molar-refractivity contribution in [3.05, 3.63) is 58.8 Å². The first-order chi connectivity index (χ1) is 11.1. The van der Waals surface area contributed by atoms with Crippen LogP contribution in [0, 0.1) is 0 Å². The zero-order valence-electron chi connectivity index (χ0n) is 12.8. The first-order valence-corrected chi connectivity index (χ1v) is 8.23. The minimum atomic E-state index is -0.0695. The Morgan fingerprint density at radius 2 is 1.91 bits per heavy atom. The highest BCUT2D eigenvalue weighted by molar-refractivity contribution is 7.09. The van der Waals surface area contributed by atoms with Crippen molar-refractivity contribution in [2.24, 2.45) is 0 Å². The molecule has 0 aliphatic rings. The maximum Gasteiger partial charge on any atom is 0.238 e. The van der Waals surface area contributed by atoms with E-state index < -0.39 is 0 Å². The molecule has 2 N–H and O–H groups in total. The lowest BCUT2D eigenvalue weighted by atomic mass is 10.1. The molecule has 1 heterocycles. The highest BCUT2D eigenvalue weighted by Crippen LogP contribution is 2.29. The number of aromatic hydroxyl groups is 1. The second kappa shape index (κ2) is 6.81. The number of phenolic OH excluding ortho intramolecular Hbond substituents is 1. The van der Waals surface area contributed by atoms with E-state index in [1.54, 1.807) is 23.5 Å². The summed E-state index contributed by atoms with van der Waals surface area (Å²) in [5.41, 5.74) is 0.716. The van der Waals surface area contributed by atoms with E-state index in [1.807, 2.05) is 47.7 Å². The average molecular weight is 326 g/mol. The second-order valence-corrected chi connectivity index (χ2v) is 6.51. The van der Waals surface area contributed by atoms with Crippen LogP contribution in [0.25, 0.3) is 10.8 Å². The Morgan fingerprint density at radius 1 is 1.13 bits per heavy atom. The highest BCUT2D eigenvalue weighted by atomic mass is 32.1. The Balaban J connectivity index is 1.69. The molecule has 0 bridgehead atoms. The number of hydrogen-bond acceptors (Lipinski definition) is 4. The van der Waals surface area contributed by atoms with Crippen molar-refractivity contribution in [2.75, 3.05) is 18.9 Å². The number of phenols is 1. The first-order valence-electron chi connectivity index (χ1n) is 7.35. The third-order valence-corrected chi connectivity index (χ3v) is 4.45. The molecule has 3 rings (SSSR count). The standard InChI is InChI=1S/C18H18N2O2S/c1-20(11-13-5-4-10-23-13)12-18(22)19-16-8-2-7-15-14(16)6-3-9-17(15)21/h2-10,21H,11-12H2,1H3,(H,19,22). The van der Waals surface area contributed by atoms with Crippen LogP contribution in [0.5, 0.6) is 5.75 Å². The van der Waals surface area contributed by atoms with E-state index in [0.717, 1.165) is 17.3 Å². The maximum absolute atomic E-state index is 12.3. The van der Waals surface area contributed by atoms with Gasteiger partial charge in [0.2, 0.25) is 5.91 Å². The molecule has 4 nitrogen and oxygen atoms in total. The van der Waals surface area contributed by atoms with Crippen molar-refractivity contribution >= 4 is 33.7 Å². The van der Waals surface area contributed by atoms with Crippen molar-refractivity contribution in [1.82, 2.24) is 4.90 Å². The van der Waals surface area contributed by atoms with Gasteiger partial charge in [-0.05, 0) is 30.6 Å². The number of carbonyl (C=O) groups is 1. The summed E-state index contributed by atoms with van der Waals surface area (Å²) >= 11 is 1.68. The van der Waals surface area contributed by atoms with E-state index in [2.05, 4.69) is 11.4 Å². The fourth-order valence-electron chi connectivity index (χ4n) is 2.56. The lowest BCUT2D eigenvalue weighted by Crippen LogP contribution is -2.29. The molecule has 0 atom stereocenters. The number of benzene rings is 2. The number of anilines is 1. The molecule has 0 spiro atoms. The van der Waals surface area contributed by atoms with Gasteiger partial charge < -0.3 is 10.4 Å². The second-order valence-electron chi connectivity index (χ2n) is 5.48. The monoisotopic (exact) mass is 326 g/mol. The van der Waals surface area contributed by atoms with Crippen LogP contribution in [0.2, 0.25) is 0 Å². The van der Waals surface area contributed by atoms with Crippen LogP contribution in [0.3, 0.4) is 0 Å². The summed E-state index contributed by atoms with van der Waals surface area (Å²) < 4.78 is 0. The molecule has 0 radical (unpaired) electrons. The minimum absolute atomic E-state index is 0.0695. The Labute approximate surface area is 139 Å². The number of thiophene rings is 1. The van der Waals surface area contributed by atoms with Gasteiger partial charge in [-0.25, -0.2) is 0 Å². The quantitative estimate of drug-likeness (QED) is 0.752. The molecule has 0 saturated heterocycles. The summed E-state index contributed by atoms with van der Waals surface area (Å²) in [6, 6.07) is 14.9. The molecule has 23 heavy (non-hydrogen) atoms. The summed E-state index contributed by atoms with van der Waals surface area (Å²) in [6.07, 6.45) is 0. The van der Waals surface area contributed by atoms with Crippen LogP contribution in [-0.4, -0.2) is 29.5 Å². The molecule has 0 fully saturated rings. The predicted molar refractivity (Wildman–Crippen MR) is 94.9 cm³/mol. The van der Waals surface area contributed by atoms with Gasteiger partial charge in [0.05, 0.1) is 6.54 Å². The van der Waals surface area contributed by atoms with Gasteiger partial charge in [-0.1, -0.05) is 30.3 Å². The molecule has 2 aromatic carbocycles. The summed E-state index contributed by atoms with van der Waals surface area (Å²) in [5.74, 6) is 0.147. The minimum Gasteiger partial charge on any atom is -0.507 e. The Morgan fingerprint density at radius 3 is 2.70 bits per heavy atom. The fourth-order valence-corrected chi connectivity index (χ4v) is 3.35. The number of hydrogen-bond donors (Lipinski definition) is 2. The van der Waals surface area contributed by atoms with Crippen molar-refractivity contribution in [3.63, 3.8) is 0 Å². The molecule has 1 aromatic heterocycles. The predicted octanol–water partition coefficient (Wildman–Crippen LogP) is 3.68. The summed E-state index contributed by atoms with van der Waals surface area (Å²) in [7, 11) is 1.92. The lowest BCUT2D eigenvalue weighted by molar-refractivity contribution is -0.117. The van der Waals surface area contributed by atoms with Crippen LogP contribution < -0.4 is 5.32 Å². The van der Waals surface area contributed by atoms with Crippen molar-refractivity contribution < 1.29 is 9.90 Å². The van der Waals surface area contributed by atoms with Crippen molar-refractivity contribution in [3.8, 4) is 5.75 Å². The third kappa shape index (κ3) is 3.70. The SMILES string of the molecule is CN(CC(=O)Nc1cccc2c(O)cccc12)Cc1cccs1. The van der Waals surface area contributed by atoms with Gasteiger partial charge in [0.25, 0.3) is 0 Å². The Hall–Kier alpha value is -2.37. The van der Waals surface area contributed by atoms with Crippen LogP contribution in [-0.2, 0) is 11.3 Å². The van der Waals surface area contributed by atoms with E-state index in [4.69, 9.17) is 0 Å². The molecule has 0 aliphatic carbocycles. The van der Waals surface area contributed by atoms with Crippen LogP contribution in [0.1, 0.15) is 4.88 Å². The number of nitrogens with zero attached hydrogens (tertiary/aromatic N) is 1. The molecule has 5 heteroatoms. The van der Waals surface area contributed by atoms with Crippen LogP contribution in [0.15, 0.2) is 53.9 Å². The first kappa shape index (κ1) is 15.5. The molecule has 0 unspecified atom stereocenters. The average Bonchev–Trinajstić information content (AvgIpc) is 3.01. The molecular weight excluding hydrogens is 308 g/mol. The van der Waals surface area contributed by atoms with Gasteiger partial charge in [0.15, 0.2) is 0 Å². The maximum atomic E-state index is 12.3. The molecule has 118 valence electrons. The molecule has 0 saturated carbocycles. The number of amides is 1. The van der Waals surface area contributed by atoms with Gasteiger partial charge in [-0.3, -0.25) is 9.69 Å². The third-order valence-electron chi connectivity index (χ3n) is 3.59. The van der Waals surface area contributed by atoms with Gasteiger partial charge in [-0.2, -0.15) is 0 Å². The number of rotatable bonds is 5. The van der Waals surface area contributed by atoms with Crippen molar-refractivity contribution in [2.45, 2.75) is 6.54 Å². The van der Waals surface area contributed by atoms with Crippen LogP contribution in [0.4, 0.5) is 5.69 Å². The van der Waals surface area contributed by atoms with E-state index >= 15 is 0 Å². The van der Waals surface area contributed by atoms with Crippen molar-refractivity contribution in [1.29, 1.82) is 0 Å². The zero-order valence-corrected chi connectivity index (χ0v) is 13.6. The largest absolute Gasteiger partial charge is 0.507 e.